The number of aliphatic hydroxyl groups excluding tert-OH is 1. The molecule has 0 fully saturated rings. The molecule has 0 aromatic heterocycles. The second-order valence-electron chi connectivity index (χ2n) is 4.23. The minimum Gasteiger partial charge on any atom is -0.496 e. The number of rotatable bonds is 4. The minimum atomic E-state index is -0.467. The molecule has 3 heteroatoms. The first-order valence-electron chi connectivity index (χ1n) is 5.53. The van der Waals surface area contributed by atoms with Gasteiger partial charge in [0.2, 0.25) is 0 Å². The molecule has 1 rings (SSSR count). The molecule has 0 aliphatic heterocycles. The number of hydrogen-bond donors (Lipinski definition) is 2. The predicted octanol–water partition coefficient (Wildman–Crippen LogP) is 1.48. The number of aryl methyl sites for hydroxylation is 1. The standard InChI is InChI=1S/C13H21NO2/c1-8-5-11(6-12(15)7-14)9(2)10(3)13(8)16-4/h5,12,15H,6-7,14H2,1-4H3. The Hall–Kier alpha value is -1.06. The first-order valence-corrected chi connectivity index (χ1v) is 5.53. The lowest BCUT2D eigenvalue weighted by Crippen LogP contribution is -2.22. The highest BCUT2D eigenvalue weighted by Crippen LogP contribution is 2.29. The van der Waals surface area contributed by atoms with Crippen LogP contribution >= 0.6 is 0 Å². The first kappa shape index (κ1) is 13.0. The van der Waals surface area contributed by atoms with E-state index in [4.69, 9.17) is 10.5 Å². The van der Waals surface area contributed by atoms with Crippen molar-refractivity contribution in [2.45, 2.75) is 33.3 Å². The Morgan fingerprint density at radius 1 is 1.31 bits per heavy atom. The maximum Gasteiger partial charge on any atom is 0.124 e. The molecule has 3 nitrogen and oxygen atoms in total. The van der Waals surface area contributed by atoms with Crippen LogP contribution in [0.15, 0.2) is 6.07 Å². The second kappa shape index (κ2) is 5.32. The number of ether oxygens (including phenoxy) is 1. The molecule has 1 aromatic rings. The number of benzene rings is 1. The molecule has 0 saturated heterocycles. The summed E-state index contributed by atoms with van der Waals surface area (Å²) in [6.07, 6.45) is 0.138. The van der Waals surface area contributed by atoms with Crippen LogP contribution in [0.5, 0.6) is 5.75 Å². The van der Waals surface area contributed by atoms with Crippen molar-refractivity contribution in [3.63, 3.8) is 0 Å². The van der Waals surface area contributed by atoms with Gasteiger partial charge in [-0.05, 0) is 49.4 Å². The molecule has 0 spiro atoms. The van der Waals surface area contributed by atoms with Gasteiger partial charge in [-0.25, -0.2) is 0 Å². The third-order valence-corrected chi connectivity index (χ3v) is 3.07. The van der Waals surface area contributed by atoms with Gasteiger partial charge < -0.3 is 15.6 Å². The molecule has 3 N–H and O–H groups in total. The van der Waals surface area contributed by atoms with Gasteiger partial charge in [-0.3, -0.25) is 0 Å². The van der Waals surface area contributed by atoms with Crippen LogP contribution in [0.4, 0.5) is 0 Å². The second-order valence-corrected chi connectivity index (χ2v) is 4.23. The van der Waals surface area contributed by atoms with Crippen molar-refractivity contribution in [3.05, 3.63) is 28.3 Å². The minimum absolute atomic E-state index is 0.295. The first-order chi connectivity index (χ1) is 7.51. The van der Waals surface area contributed by atoms with Gasteiger partial charge in [-0.15, -0.1) is 0 Å². The van der Waals surface area contributed by atoms with Gasteiger partial charge in [0.05, 0.1) is 13.2 Å². The van der Waals surface area contributed by atoms with E-state index in [2.05, 4.69) is 13.0 Å². The van der Waals surface area contributed by atoms with E-state index in [-0.39, 0.29) is 0 Å². The number of methoxy groups -OCH3 is 1. The van der Waals surface area contributed by atoms with Gasteiger partial charge in [-0.2, -0.15) is 0 Å². The molecule has 90 valence electrons. The summed E-state index contributed by atoms with van der Waals surface area (Å²) in [7, 11) is 1.68. The van der Waals surface area contributed by atoms with E-state index in [1.165, 1.54) is 5.56 Å². The Morgan fingerprint density at radius 3 is 2.44 bits per heavy atom. The lowest BCUT2D eigenvalue weighted by molar-refractivity contribution is 0.183. The third-order valence-electron chi connectivity index (χ3n) is 3.07. The molecular weight excluding hydrogens is 202 g/mol. The summed E-state index contributed by atoms with van der Waals surface area (Å²) in [4.78, 5) is 0. The molecule has 1 unspecified atom stereocenters. The zero-order valence-electron chi connectivity index (χ0n) is 10.5. The molecule has 0 amide bonds. The average Bonchev–Trinajstić information content (AvgIpc) is 2.26. The monoisotopic (exact) mass is 223 g/mol. The van der Waals surface area contributed by atoms with Crippen LogP contribution in [-0.4, -0.2) is 24.9 Å². The molecule has 0 saturated carbocycles. The molecule has 1 atom stereocenters. The Balaban J connectivity index is 3.13. The van der Waals surface area contributed by atoms with Gasteiger partial charge in [0.25, 0.3) is 0 Å². The van der Waals surface area contributed by atoms with Crippen LogP contribution in [0, 0.1) is 20.8 Å². The summed E-state index contributed by atoms with van der Waals surface area (Å²) in [5, 5.41) is 9.59. The third kappa shape index (κ3) is 2.54. The molecule has 1 aromatic carbocycles. The van der Waals surface area contributed by atoms with E-state index in [1.54, 1.807) is 7.11 Å². The molecule has 16 heavy (non-hydrogen) atoms. The van der Waals surface area contributed by atoms with Gasteiger partial charge in [0.1, 0.15) is 5.75 Å². The van der Waals surface area contributed by atoms with Gasteiger partial charge in [0, 0.05) is 6.54 Å². The van der Waals surface area contributed by atoms with Crippen molar-refractivity contribution in [1.29, 1.82) is 0 Å². The average molecular weight is 223 g/mol. The van der Waals surface area contributed by atoms with Crippen molar-refractivity contribution in [2.24, 2.45) is 5.73 Å². The number of hydrogen-bond acceptors (Lipinski definition) is 3. The summed E-state index contributed by atoms with van der Waals surface area (Å²) in [5.74, 6) is 0.934. The van der Waals surface area contributed by atoms with Crippen molar-refractivity contribution >= 4 is 0 Å². The largest absolute Gasteiger partial charge is 0.496 e. The summed E-state index contributed by atoms with van der Waals surface area (Å²) in [6, 6.07) is 2.07. The van der Waals surface area contributed by atoms with Crippen LogP contribution in [0.3, 0.4) is 0 Å². The highest BCUT2D eigenvalue weighted by atomic mass is 16.5. The van der Waals surface area contributed by atoms with E-state index >= 15 is 0 Å². The highest BCUT2D eigenvalue weighted by molar-refractivity contribution is 5.49. The van der Waals surface area contributed by atoms with E-state index in [0.717, 1.165) is 22.4 Å². The summed E-state index contributed by atoms with van der Waals surface area (Å²) < 4.78 is 5.36. The Labute approximate surface area is 97.2 Å². The number of nitrogens with two attached hydrogens (primary N) is 1. The van der Waals surface area contributed by atoms with Crippen LogP contribution in [-0.2, 0) is 6.42 Å². The topological polar surface area (TPSA) is 55.5 Å². The zero-order valence-corrected chi connectivity index (χ0v) is 10.5. The van der Waals surface area contributed by atoms with E-state index in [0.29, 0.717) is 13.0 Å². The Bertz CT molecular complexity index is 375. The lowest BCUT2D eigenvalue weighted by atomic mass is 9.95. The van der Waals surface area contributed by atoms with E-state index < -0.39 is 6.10 Å². The molecule has 0 aliphatic carbocycles. The highest BCUT2D eigenvalue weighted by Gasteiger charge is 2.12. The normalized spacial score (nSPS) is 12.6. The molecule has 0 radical (unpaired) electrons. The lowest BCUT2D eigenvalue weighted by Gasteiger charge is -2.17. The molecular formula is C13H21NO2. The maximum absolute atomic E-state index is 9.59. The van der Waals surface area contributed by atoms with Crippen molar-refractivity contribution in [2.75, 3.05) is 13.7 Å². The summed E-state index contributed by atoms with van der Waals surface area (Å²) >= 11 is 0. The van der Waals surface area contributed by atoms with Crippen LogP contribution < -0.4 is 10.5 Å². The van der Waals surface area contributed by atoms with E-state index in [1.807, 2.05) is 13.8 Å². The van der Waals surface area contributed by atoms with Crippen molar-refractivity contribution in [1.82, 2.24) is 0 Å². The quantitative estimate of drug-likeness (QED) is 0.813. The van der Waals surface area contributed by atoms with Crippen molar-refractivity contribution < 1.29 is 9.84 Å². The van der Waals surface area contributed by atoms with Crippen LogP contribution in [0.25, 0.3) is 0 Å². The fourth-order valence-electron chi connectivity index (χ4n) is 2.01. The van der Waals surface area contributed by atoms with Gasteiger partial charge >= 0.3 is 0 Å². The molecule has 0 aliphatic rings. The number of aliphatic hydroxyl groups is 1. The van der Waals surface area contributed by atoms with E-state index in [9.17, 15) is 5.11 Å². The van der Waals surface area contributed by atoms with Gasteiger partial charge in [0.15, 0.2) is 0 Å². The zero-order chi connectivity index (χ0) is 12.3. The summed E-state index contributed by atoms with van der Waals surface area (Å²) in [6.45, 7) is 6.41. The molecule has 0 bridgehead atoms. The maximum atomic E-state index is 9.59. The Morgan fingerprint density at radius 2 is 1.94 bits per heavy atom. The molecule has 0 heterocycles. The van der Waals surface area contributed by atoms with Crippen LogP contribution in [0.1, 0.15) is 22.3 Å². The smallest absolute Gasteiger partial charge is 0.124 e. The Kier molecular flexibility index (Phi) is 4.33. The van der Waals surface area contributed by atoms with Gasteiger partial charge in [-0.1, -0.05) is 6.07 Å². The van der Waals surface area contributed by atoms with Crippen LogP contribution in [0.2, 0.25) is 0 Å². The predicted molar refractivity (Wildman–Crippen MR) is 66.0 cm³/mol. The fourth-order valence-corrected chi connectivity index (χ4v) is 2.01. The SMILES string of the molecule is COc1c(C)cc(CC(O)CN)c(C)c1C. The van der Waals surface area contributed by atoms with Crippen molar-refractivity contribution in [3.8, 4) is 5.75 Å². The fraction of sp³-hybridized carbons (Fsp3) is 0.538. The summed E-state index contributed by atoms with van der Waals surface area (Å²) in [5.41, 5.74) is 9.99.